The molecule has 2 aromatic heterocycles. The molecule has 0 atom stereocenters. The van der Waals surface area contributed by atoms with E-state index in [-0.39, 0.29) is 27.0 Å². The minimum atomic E-state index is -3.77. The first kappa shape index (κ1) is 24.5. The lowest BCUT2D eigenvalue weighted by molar-refractivity contribution is 0.0601. The first-order valence-electron chi connectivity index (χ1n) is 8.92. The Morgan fingerprint density at radius 3 is 2.68 bits per heavy atom. The van der Waals surface area contributed by atoms with Gasteiger partial charge in [0.1, 0.15) is 5.00 Å². The van der Waals surface area contributed by atoms with Crippen molar-refractivity contribution in [1.82, 2.24) is 9.97 Å². The van der Waals surface area contributed by atoms with Crippen molar-refractivity contribution in [2.75, 3.05) is 18.2 Å². The third kappa shape index (κ3) is 5.28. The van der Waals surface area contributed by atoms with Gasteiger partial charge in [0.05, 0.1) is 35.7 Å². The van der Waals surface area contributed by atoms with Crippen molar-refractivity contribution in [3.8, 4) is 6.07 Å². The van der Waals surface area contributed by atoms with E-state index in [1.165, 1.54) is 13.2 Å². The molecule has 0 spiro atoms. The van der Waals surface area contributed by atoms with Crippen LogP contribution in [0.4, 0.5) is 5.00 Å². The predicted octanol–water partition coefficient (Wildman–Crippen LogP) is 3.65. The maximum Gasteiger partial charge on any atom is 0.341 e. The molecule has 1 amide bonds. The number of allylic oxidation sites excluding steroid dienone is 2. The molecule has 0 saturated carbocycles. The molecule has 2 aromatic rings. The summed E-state index contributed by atoms with van der Waals surface area (Å²) in [5.74, 6) is -1.68. The van der Waals surface area contributed by atoms with Crippen LogP contribution in [0.15, 0.2) is 17.4 Å². The highest BCUT2D eigenvalue weighted by Crippen LogP contribution is 2.38. The number of nitriles is 1. The van der Waals surface area contributed by atoms with Crippen molar-refractivity contribution in [2.45, 2.75) is 32.3 Å². The second-order valence-corrected chi connectivity index (χ2v) is 9.76. The molecule has 0 unspecified atom stereocenters. The number of aromatic nitrogens is 2. The molecular formula is C19H19ClN4O5S2. The minimum Gasteiger partial charge on any atom is -0.465 e. The monoisotopic (exact) mass is 482 g/mol. The zero-order valence-corrected chi connectivity index (χ0v) is 19.5. The maximum absolute atomic E-state index is 12.9. The van der Waals surface area contributed by atoms with Crippen LogP contribution in [0, 0.1) is 18.3 Å². The molecule has 0 aliphatic rings. The fraction of sp³-hybridized carbons (Fsp3) is 0.316. The molecule has 0 aliphatic heterocycles. The van der Waals surface area contributed by atoms with Crippen LogP contribution in [0.5, 0.6) is 0 Å². The van der Waals surface area contributed by atoms with E-state index in [4.69, 9.17) is 21.6 Å². The third-order valence-electron chi connectivity index (χ3n) is 4.09. The van der Waals surface area contributed by atoms with Gasteiger partial charge in [0.15, 0.2) is 5.69 Å². The first-order valence-corrected chi connectivity index (χ1v) is 11.8. The predicted molar refractivity (Wildman–Crippen MR) is 117 cm³/mol. The Bertz CT molecular complexity index is 1210. The van der Waals surface area contributed by atoms with Crippen LogP contribution >= 0.6 is 22.9 Å². The van der Waals surface area contributed by atoms with Crippen molar-refractivity contribution in [1.29, 1.82) is 5.26 Å². The van der Waals surface area contributed by atoms with Gasteiger partial charge in [0.25, 0.3) is 5.91 Å². The van der Waals surface area contributed by atoms with E-state index in [0.29, 0.717) is 22.4 Å². The van der Waals surface area contributed by atoms with Crippen LogP contribution in [0.2, 0.25) is 5.02 Å². The Morgan fingerprint density at radius 1 is 1.42 bits per heavy atom. The van der Waals surface area contributed by atoms with Gasteiger partial charge in [-0.25, -0.2) is 23.2 Å². The molecule has 9 nitrogen and oxygen atoms in total. The van der Waals surface area contributed by atoms with Crippen LogP contribution in [-0.2, 0) is 14.6 Å². The van der Waals surface area contributed by atoms with Gasteiger partial charge in [-0.1, -0.05) is 18.5 Å². The third-order valence-corrected chi connectivity index (χ3v) is 7.41. The average Bonchev–Trinajstić information content (AvgIpc) is 3.03. The number of nitrogens with zero attached hydrogens (tertiary/aromatic N) is 3. The van der Waals surface area contributed by atoms with Crippen LogP contribution in [0.25, 0.3) is 5.57 Å². The van der Waals surface area contributed by atoms with Crippen molar-refractivity contribution in [3.63, 3.8) is 0 Å². The molecule has 2 rings (SSSR count). The lowest BCUT2D eigenvalue weighted by Gasteiger charge is -2.08. The molecule has 0 aliphatic carbocycles. The average molecular weight is 483 g/mol. The zero-order valence-electron chi connectivity index (χ0n) is 17.1. The normalized spacial score (nSPS) is 11.7. The van der Waals surface area contributed by atoms with Gasteiger partial charge in [0.2, 0.25) is 15.0 Å². The highest BCUT2D eigenvalue weighted by Gasteiger charge is 2.26. The van der Waals surface area contributed by atoms with Crippen LogP contribution in [-0.4, -0.2) is 43.1 Å². The molecular weight excluding hydrogens is 464 g/mol. The van der Waals surface area contributed by atoms with E-state index < -0.39 is 26.9 Å². The Labute approximate surface area is 188 Å². The number of carbonyl (C=O) groups excluding carboxylic acids is 2. The Kier molecular flexibility index (Phi) is 7.89. The van der Waals surface area contributed by atoms with E-state index in [2.05, 4.69) is 15.3 Å². The first-order chi connectivity index (χ1) is 14.6. The van der Waals surface area contributed by atoms with Crippen molar-refractivity contribution in [3.05, 3.63) is 39.0 Å². The Balaban J connectivity index is 2.53. The number of nitrogens with one attached hydrogen (secondary N) is 1. The summed E-state index contributed by atoms with van der Waals surface area (Å²) in [4.78, 5) is 33.3. The maximum atomic E-state index is 12.9. The van der Waals surface area contributed by atoms with Crippen LogP contribution < -0.4 is 5.32 Å². The number of esters is 1. The number of methoxy groups -OCH3 is 1. The molecule has 0 aromatic carbocycles. The van der Waals surface area contributed by atoms with Crippen LogP contribution in [0.1, 0.15) is 51.6 Å². The number of amides is 1. The standard InChI is InChI=1S/C19H19ClN4O5S2/c1-5-8-31(27,28)19-22-9-12(20)14(23-19)16(25)24-17-13(18(26)29-4)11(3)15(30-17)10(2)6-7-21/h6,9H,5,8H2,1-4H3,(H,24,25). The van der Waals surface area contributed by atoms with Crippen molar-refractivity contribution >= 4 is 55.2 Å². The van der Waals surface area contributed by atoms with E-state index in [1.807, 2.05) is 6.07 Å². The number of ether oxygens (including phenoxy) is 1. The topological polar surface area (TPSA) is 139 Å². The van der Waals surface area contributed by atoms with E-state index in [1.54, 1.807) is 20.8 Å². The molecule has 1 N–H and O–H groups in total. The van der Waals surface area contributed by atoms with Gasteiger partial charge in [0, 0.05) is 11.0 Å². The molecule has 0 saturated heterocycles. The number of hydrogen-bond acceptors (Lipinski definition) is 9. The Morgan fingerprint density at radius 2 is 2.10 bits per heavy atom. The summed E-state index contributed by atoms with van der Waals surface area (Å²) < 4.78 is 29.3. The fourth-order valence-electron chi connectivity index (χ4n) is 2.67. The van der Waals surface area contributed by atoms with Gasteiger partial charge in [-0.15, -0.1) is 11.3 Å². The van der Waals surface area contributed by atoms with Gasteiger partial charge >= 0.3 is 5.97 Å². The van der Waals surface area contributed by atoms with Crippen molar-refractivity contribution in [2.24, 2.45) is 0 Å². The summed E-state index contributed by atoms with van der Waals surface area (Å²) >= 11 is 7.10. The van der Waals surface area contributed by atoms with Gasteiger partial charge in [-0.3, -0.25) is 4.79 Å². The summed E-state index contributed by atoms with van der Waals surface area (Å²) in [6.45, 7) is 5.05. The molecule has 0 radical (unpaired) electrons. The van der Waals surface area contributed by atoms with Crippen LogP contribution in [0.3, 0.4) is 0 Å². The quantitative estimate of drug-likeness (QED) is 0.358. The molecule has 12 heteroatoms. The lowest BCUT2D eigenvalue weighted by atomic mass is 10.1. The molecule has 2 heterocycles. The summed E-state index contributed by atoms with van der Waals surface area (Å²) in [7, 11) is -2.57. The second kappa shape index (κ2) is 10.00. The summed E-state index contributed by atoms with van der Waals surface area (Å²) in [5.41, 5.74) is 0.893. The number of thiophene rings is 1. The van der Waals surface area contributed by atoms with Gasteiger partial charge < -0.3 is 10.1 Å². The second-order valence-electron chi connectivity index (χ2n) is 6.33. The Hall–Kier alpha value is -2.81. The minimum absolute atomic E-state index is 0.116. The number of hydrogen-bond donors (Lipinski definition) is 1. The van der Waals surface area contributed by atoms with E-state index >= 15 is 0 Å². The number of rotatable bonds is 7. The lowest BCUT2D eigenvalue weighted by Crippen LogP contribution is -2.19. The summed E-state index contributed by atoms with van der Waals surface area (Å²) in [5, 5.41) is 11.0. The number of sulfone groups is 1. The highest BCUT2D eigenvalue weighted by atomic mass is 35.5. The molecule has 164 valence electrons. The fourth-order valence-corrected chi connectivity index (χ4v) is 5.17. The number of anilines is 1. The largest absolute Gasteiger partial charge is 0.465 e. The van der Waals surface area contributed by atoms with Gasteiger partial charge in [-0.2, -0.15) is 5.26 Å². The van der Waals surface area contributed by atoms with Gasteiger partial charge in [-0.05, 0) is 31.4 Å². The summed E-state index contributed by atoms with van der Waals surface area (Å²) in [6.07, 6.45) is 2.71. The summed E-state index contributed by atoms with van der Waals surface area (Å²) in [6, 6.07) is 1.92. The number of halogens is 1. The van der Waals surface area contributed by atoms with E-state index in [9.17, 15) is 18.0 Å². The number of carbonyl (C=O) groups is 2. The molecule has 0 bridgehead atoms. The van der Waals surface area contributed by atoms with E-state index in [0.717, 1.165) is 17.5 Å². The van der Waals surface area contributed by atoms with Crippen molar-refractivity contribution < 1.29 is 22.7 Å². The zero-order chi connectivity index (χ0) is 23.3. The molecule has 31 heavy (non-hydrogen) atoms. The smallest absolute Gasteiger partial charge is 0.341 e. The SMILES string of the molecule is CCCS(=O)(=O)c1ncc(Cl)c(C(=O)Nc2sc(C(C)=CC#N)c(C)c2C(=O)OC)n1. The molecule has 0 fully saturated rings. The highest BCUT2D eigenvalue weighted by molar-refractivity contribution is 7.91.